The van der Waals surface area contributed by atoms with Gasteiger partial charge >= 0.3 is 5.69 Å². The molecule has 1 saturated carbocycles. The van der Waals surface area contributed by atoms with Crippen molar-refractivity contribution in [3.8, 4) is 0 Å². The summed E-state index contributed by atoms with van der Waals surface area (Å²) in [5.41, 5.74) is -0.874. The summed E-state index contributed by atoms with van der Waals surface area (Å²) < 4.78 is 63.1. The van der Waals surface area contributed by atoms with Gasteiger partial charge in [-0.2, -0.15) is 16.8 Å². The zero-order valence-corrected chi connectivity index (χ0v) is 26.1. The van der Waals surface area contributed by atoms with Crippen molar-refractivity contribution in [2.24, 2.45) is 17.8 Å². The van der Waals surface area contributed by atoms with E-state index in [0.29, 0.717) is 17.4 Å². The molecule has 4 rings (SSSR count). The van der Waals surface area contributed by atoms with Gasteiger partial charge in [0.05, 0.1) is 13.7 Å². The van der Waals surface area contributed by atoms with E-state index >= 15 is 0 Å². The highest BCUT2D eigenvalue weighted by molar-refractivity contribution is 7.87. The molecule has 0 spiro atoms. The molecule has 3 aromatic rings. The summed E-state index contributed by atoms with van der Waals surface area (Å²) in [4.78, 5) is 53.7. The van der Waals surface area contributed by atoms with Gasteiger partial charge in [-0.1, -0.05) is 19.9 Å². The molecule has 0 aliphatic heterocycles. The average molecular weight is 651 g/mol. The highest BCUT2D eigenvalue weighted by atomic mass is 32.2. The normalized spacial score (nSPS) is 20.8. The average Bonchev–Trinajstić information content (AvgIpc) is 2.91. The lowest BCUT2D eigenvalue weighted by molar-refractivity contribution is -0.123. The first-order valence-corrected chi connectivity index (χ1v) is 16.7. The molecule has 1 heterocycles. The summed E-state index contributed by atoms with van der Waals surface area (Å²) in [5, 5.41) is 6.34. The second-order valence-corrected chi connectivity index (χ2v) is 14.4. The Kier molecular flexibility index (Phi) is 9.48. The molecule has 0 bridgehead atoms. The van der Waals surface area contributed by atoms with E-state index < -0.39 is 55.1 Å². The van der Waals surface area contributed by atoms with Gasteiger partial charge in [0.25, 0.3) is 31.7 Å². The number of Topliss-reactive ketones (excluding diaryl/α,β-unsaturated/α-hetero) is 1. The van der Waals surface area contributed by atoms with E-state index in [2.05, 4.69) is 15.6 Å². The van der Waals surface area contributed by atoms with Gasteiger partial charge in [0.15, 0.2) is 5.78 Å². The van der Waals surface area contributed by atoms with E-state index in [0.717, 1.165) is 13.2 Å². The molecule has 4 atom stereocenters. The molecular weight excluding hydrogens is 616 g/mol. The molecule has 1 amide bonds. The van der Waals surface area contributed by atoms with Gasteiger partial charge in [0, 0.05) is 29.1 Å². The van der Waals surface area contributed by atoms with Crippen molar-refractivity contribution >= 4 is 48.4 Å². The molecule has 238 valence electrons. The van der Waals surface area contributed by atoms with Crippen molar-refractivity contribution in [2.45, 2.75) is 50.3 Å². The van der Waals surface area contributed by atoms with E-state index in [1.807, 2.05) is 18.8 Å². The first-order valence-electron chi connectivity index (χ1n) is 13.7. The van der Waals surface area contributed by atoms with Crippen molar-refractivity contribution in [3.63, 3.8) is 0 Å². The first-order chi connectivity index (χ1) is 20.5. The summed E-state index contributed by atoms with van der Waals surface area (Å²) in [7, 11) is -7.63. The zero-order valence-electron chi connectivity index (χ0n) is 24.5. The number of carbonyl (C=O) groups is 2. The maximum Gasteiger partial charge on any atom is 0.326 e. The molecule has 44 heavy (non-hydrogen) atoms. The van der Waals surface area contributed by atoms with E-state index in [9.17, 15) is 40.6 Å². The molecule has 1 fully saturated rings. The van der Waals surface area contributed by atoms with E-state index in [1.165, 1.54) is 18.2 Å². The van der Waals surface area contributed by atoms with Gasteiger partial charge in [-0.25, -0.2) is 4.79 Å². The van der Waals surface area contributed by atoms with Gasteiger partial charge in [0.2, 0.25) is 0 Å². The number of anilines is 1. The minimum atomic E-state index is -4.43. The molecule has 1 aromatic heterocycles. The lowest BCUT2D eigenvalue weighted by Crippen LogP contribution is -2.48. The highest BCUT2D eigenvalue weighted by Gasteiger charge is 2.37. The third-order valence-electron chi connectivity index (χ3n) is 8.01. The Morgan fingerprint density at radius 3 is 2.36 bits per heavy atom. The minimum absolute atomic E-state index is 0.0153. The van der Waals surface area contributed by atoms with E-state index in [-0.39, 0.29) is 57.8 Å². The maximum absolute atomic E-state index is 13.5. The molecule has 0 radical (unpaired) electrons. The summed E-state index contributed by atoms with van der Waals surface area (Å²) in [6.45, 7) is 5.29. The third-order valence-corrected chi connectivity index (χ3v) is 10.0. The van der Waals surface area contributed by atoms with Gasteiger partial charge in [-0.3, -0.25) is 28.1 Å². The van der Waals surface area contributed by atoms with Gasteiger partial charge < -0.3 is 15.6 Å². The Morgan fingerprint density at radius 2 is 1.73 bits per heavy atom. The summed E-state index contributed by atoms with van der Waals surface area (Å²) in [6, 6.07) is 6.38. The van der Waals surface area contributed by atoms with Crippen LogP contribution in [0.3, 0.4) is 0 Å². The van der Waals surface area contributed by atoms with Crippen LogP contribution in [0, 0.1) is 24.7 Å². The Bertz CT molecular complexity index is 1920. The van der Waals surface area contributed by atoms with Crippen molar-refractivity contribution < 1.29 is 35.2 Å². The number of nitrogens with one attached hydrogen (secondary N) is 4. The molecule has 14 nitrogen and oxygen atoms in total. The molecular formula is C28H34N4O10S2. The van der Waals surface area contributed by atoms with Crippen LogP contribution in [0.15, 0.2) is 44.8 Å². The van der Waals surface area contributed by atoms with Crippen molar-refractivity contribution in [3.05, 3.63) is 68.0 Å². The quantitative estimate of drug-likeness (QED) is 0.157. The third kappa shape index (κ3) is 7.61. The Balaban J connectivity index is 1.62. The number of rotatable bonds is 10. The van der Waals surface area contributed by atoms with Crippen LogP contribution in [0.4, 0.5) is 5.69 Å². The van der Waals surface area contributed by atoms with Crippen LogP contribution in [0.2, 0.25) is 0 Å². The van der Waals surface area contributed by atoms with Crippen LogP contribution >= 0.6 is 0 Å². The number of hydrogen-bond acceptors (Lipinski definition) is 10. The lowest BCUT2D eigenvalue weighted by atomic mass is 9.71. The number of ketones is 1. The van der Waals surface area contributed by atoms with Gasteiger partial charge in [0.1, 0.15) is 16.3 Å². The predicted octanol–water partition coefficient (Wildman–Crippen LogP) is 1.71. The van der Waals surface area contributed by atoms with E-state index in [1.54, 1.807) is 13.0 Å². The standard InChI is InChI=1S/C28H34N4O10S2/c1-14-5-19-8-17(13-43(37,38)39)9-21(26(19)24(6-14)44(40,41)42-4)29-12-23(33)18-7-15(2)16(3)20(10-18)30-27(35)22-11-25(34)32-28(36)31-22/h5-6,8-9,11,15-16,18,20,29H,7,10,12-13H2,1-4H3,(H,30,35)(H,37,38,39)(H2,31,32,34,36). The topological polar surface area (TPSA) is 222 Å². The van der Waals surface area contributed by atoms with E-state index in [4.69, 9.17) is 4.18 Å². The minimum Gasteiger partial charge on any atom is -0.377 e. The number of aromatic amines is 2. The SMILES string of the molecule is COS(=O)(=O)c1cc(C)cc2cc(CS(=O)(=O)O)cc(NCC(=O)C3CC(C)C(C)C(NC(=O)c4cc(=O)[nH]c(=O)[nH]4)C3)c12. The Morgan fingerprint density at radius 1 is 1.02 bits per heavy atom. The highest BCUT2D eigenvalue weighted by Crippen LogP contribution is 2.36. The maximum atomic E-state index is 13.5. The second kappa shape index (κ2) is 12.6. The largest absolute Gasteiger partial charge is 0.377 e. The van der Waals surface area contributed by atoms with Crippen molar-refractivity contribution in [1.29, 1.82) is 0 Å². The van der Waals surface area contributed by atoms with Gasteiger partial charge in [-0.05, 0) is 66.3 Å². The number of carbonyl (C=O) groups excluding carboxylic acids is 2. The number of hydrogen-bond donors (Lipinski definition) is 5. The molecule has 5 N–H and O–H groups in total. The monoisotopic (exact) mass is 650 g/mol. The second-order valence-electron chi connectivity index (χ2n) is 11.3. The Labute approximate surface area is 253 Å². The number of benzene rings is 2. The number of aryl methyl sites for hydroxylation is 1. The van der Waals surface area contributed by atoms with Crippen LogP contribution in [-0.4, -0.2) is 62.7 Å². The molecule has 0 saturated heterocycles. The number of H-pyrrole nitrogens is 2. The summed E-state index contributed by atoms with van der Waals surface area (Å²) in [5.74, 6) is -2.15. The summed E-state index contributed by atoms with van der Waals surface area (Å²) >= 11 is 0. The molecule has 2 aromatic carbocycles. The first kappa shape index (κ1) is 33.0. The van der Waals surface area contributed by atoms with Crippen LogP contribution < -0.4 is 21.9 Å². The Hall–Kier alpha value is -3.86. The van der Waals surface area contributed by atoms with Crippen LogP contribution in [0.5, 0.6) is 0 Å². The lowest BCUT2D eigenvalue weighted by Gasteiger charge is -2.38. The number of aromatic nitrogens is 2. The fourth-order valence-corrected chi connectivity index (χ4v) is 7.27. The summed E-state index contributed by atoms with van der Waals surface area (Å²) in [6.07, 6.45) is 0.791. The molecule has 16 heteroatoms. The van der Waals surface area contributed by atoms with Crippen LogP contribution in [-0.2, 0) is 35.0 Å². The van der Waals surface area contributed by atoms with Gasteiger partial charge in [-0.15, -0.1) is 0 Å². The van der Waals surface area contributed by atoms with Crippen LogP contribution in [0.1, 0.15) is 48.3 Å². The fourth-order valence-electron chi connectivity index (χ4n) is 5.70. The smallest absolute Gasteiger partial charge is 0.326 e. The zero-order chi connectivity index (χ0) is 32.6. The number of fused-ring (bicyclic) bond motifs is 1. The fraction of sp³-hybridized carbons (Fsp3) is 0.429. The number of amides is 1. The molecule has 4 unspecified atom stereocenters. The predicted molar refractivity (Wildman–Crippen MR) is 162 cm³/mol. The van der Waals surface area contributed by atoms with Crippen molar-refractivity contribution in [2.75, 3.05) is 19.0 Å². The van der Waals surface area contributed by atoms with Crippen LogP contribution in [0.25, 0.3) is 10.8 Å². The van der Waals surface area contributed by atoms with Crippen molar-refractivity contribution in [1.82, 2.24) is 15.3 Å². The molecule has 1 aliphatic carbocycles. The molecule has 1 aliphatic rings.